The molecule has 4 heteroatoms. The maximum absolute atomic E-state index is 6.34. The molecule has 1 saturated heterocycles. The average molecular weight is 301 g/mol. The second-order valence-corrected chi connectivity index (χ2v) is 6.34. The summed E-state index contributed by atoms with van der Waals surface area (Å²) < 4.78 is 0. The van der Waals surface area contributed by atoms with E-state index in [4.69, 9.17) is 23.2 Å². The lowest BCUT2D eigenvalue weighted by Gasteiger charge is -2.42. The normalized spacial score (nSPS) is 25.4. The number of anilines is 1. The third kappa shape index (κ3) is 3.36. The highest BCUT2D eigenvalue weighted by atomic mass is 35.5. The van der Waals surface area contributed by atoms with Crippen LogP contribution in [0, 0.1) is 5.92 Å². The largest absolute Gasteiger partial charge is 0.365 e. The van der Waals surface area contributed by atoms with Gasteiger partial charge in [-0.05, 0) is 31.0 Å². The fourth-order valence-electron chi connectivity index (χ4n) is 2.60. The van der Waals surface area contributed by atoms with E-state index in [0.717, 1.165) is 23.8 Å². The molecule has 0 saturated carbocycles. The summed E-state index contributed by atoms with van der Waals surface area (Å²) in [4.78, 5) is 2.39. The molecule has 1 N–H and O–H groups in total. The molecule has 19 heavy (non-hydrogen) atoms. The van der Waals surface area contributed by atoms with E-state index >= 15 is 0 Å². The van der Waals surface area contributed by atoms with E-state index < -0.39 is 0 Å². The van der Waals surface area contributed by atoms with Gasteiger partial charge >= 0.3 is 0 Å². The van der Waals surface area contributed by atoms with Gasteiger partial charge in [-0.3, -0.25) is 0 Å². The van der Waals surface area contributed by atoms with E-state index in [2.05, 4.69) is 31.0 Å². The molecule has 2 rings (SSSR count). The topological polar surface area (TPSA) is 15.3 Å². The van der Waals surface area contributed by atoms with Crippen LogP contribution in [0.5, 0.6) is 0 Å². The van der Waals surface area contributed by atoms with Crippen molar-refractivity contribution in [2.75, 3.05) is 18.0 Å². The summed E-state index contributed by atoms with van der Waals surface area (Å²) in [7, 11) is 0. The van der Waals surface area contributed by atoms with Gasteiger partial charge in [0.15, 0.2) is 0 Å². The van der Waals surface area contributed by atoms with Gasteiger partial charge in [0.2, 0.25) is 0 Å². The van der Waals surface area contributed by atoms with Gasteiger partial charge in [0.05, 0.1) is 10.7 Å². The zero-order valence-electron chi connectivity index (χ0n) is 11.8. The predicted molar refractivity (Wildman–Crippen MR) is 84.5 cm³/mol. The summed E-state index contributed by atoms with van der Waals surface area (Å²) >= 11 is 12.3. The highest BCUT2D eigenvalue weighted by Gasteiger charge is 2.28. The quantitative estimate of drug-likeness (QED) is 0.900. The molecule has 0 bridgehead atoms. The maximum Gasteiger partial charge on any atom is 0.0654 e. The number of nitrogens with one attached hydrogen (secondary N) is 1. The first kappa shape index (κ1) is 15.0. The van der Waals surface area contributed by atoms with Crippen molar-refractivity contribution in [1.29, 1.82) is 0 Å². The van der Waals surface area contributed by atoms with E-state index in [9.17, 15) is 0 Å². The van der Waals surface area contributed by atoms with E-state index in [1.54, 1.807) is 0 Å². The van der Waals surface area contributed by atoms with Crippen molar-refractivity contribution < 1.29 is 0 Å². The highest BCUT2D eigenvalue weighted by molar-refractivity contribution is 6.36. The van der Waals surface area contributed by atoms with Crippen molar-refractivity contribution in [3.05, 3.63) is 28.2 Å². The van der Waals surface area contributed by atoms with Crippen molar-refractivity contribution in [2.45, 2.75) is 39.3 Å². The molecule has 0 spiro atoms. The van der Waals surface area contributed by atoms with Crippen molar-refractivity contribution in [3.8, 4) is 0 Å². The van der Waals surface area contributed by atoms with E-state index in [0.29, 0.717) is 23.0 Å². The Balaban J connectivity index is 2.21. The summed E-state index contributed by atoms with van der Waals surface area (Å²) in [5.41, 5.74) is 1.09. The van der Waals surface area contributed by atoms with Gasteiger partial charge in [-0.1, -0.05) is 43.5 Å². The number of nitrogens with zero attached hydrogens (tertiary/aromatic N) is 1. The second-order valence-electron chi connectivity index (χ2n) is 5.50. The lowest BCUT2D eigenvalue weighted by Crippen LogP contribution is -2.57. The number of hydrogen-bond donors (Lipinski definition) is 1. The Kier molecular flexibility index (Phi) is 4.99. The van der Waals surface area contributed by atoms with Gasteiger partial charge in [0, 0.05) is 30.2 Å². The van der Waals surface area contributed by atoms with Crippen LogP contribution in [-0.4, -0.2) is 25.2 Å². The zero-order chi connectivity index (χ0) is 14.0. The molecule has 0 aliphatic carbocycles. The lowest BCUT2D eigenvalue weighted by molar-refractivity contribution is 0.316. The fraction of sp³-hybridized carbons (Fsp3) is 0.600. The number of piperazine rings is 1. The standard InChI is InChI=1S/C15H22Cl2N2/c1-4-10(2)14-9-19(11(3)8-18-14)15-6-5-12(16)7-13(15)17/h5-7,10-11,14,18H,4,8-9H2,1-3H3. The molecule has 1 heterocycles. The van der Waals surface area contributed by atoms with Crippen molar-refractivity contribution in [1.82, 2.24) is 5.32 Å². The molecule has 1 fully saturated rings. The number of hydrogen-bond acceptors (Lipinski definition) is 2. The van der Waals surface area contributed by atoms with E-state index in [1.807, 2.05) is 18.2 Å². The van der Waals surface area contributed by atoms with Crippen LogP contribution >= 0.6 is 23.2 Å². The van der Waals surface area contributed by atoms with Crippen LogP contribution < -0.4 is 10.2 Å². The molecule has 2 nitrogen and oxygen atoms in total. The van der Waals surface area contributed by atoms with Crippen molar-refractivity contribution in [2.24, 2.45) is 5.92 Å². The van der Waals surface area contributed by atoms with Crippen LogP contribution in [0.25, 0.3) is 0 Å². The number of rotatable bonds is 3. The smallest absolute Gasteiger partial charge is 0.0654 e. The summed E-state index contributed by atoms with van der Waals surface area (Å²) in [6.07, 6.45) is 1.19. The Bertz CT molecular complexity index is 436. The summed E-state index contributed by atoms with van der Waals surface area (Å²) in [5.74, 6) is 0.668. The first-order chi connectivity index (χ1) is 9.02. The molecule has 106 valence electrons. The van der Waals surface area contributed by atoms with Crippen LogP contribution in [0.2, 0.25) is 10.0 Å². The number of halogens is 2. The second kappa shape index (κ2) is 6.34. The molecular formula is C15H22Cl2N2. The Morgan fingerprint density at radius 2 is 2.16 bits per heavy atom. The SMILES string of the molecule is CCC(C)C1CN(c2ccc(Cl)cc2Cl)C(C)CN1. The first-order valence-corrected chi connectivity index (χ1v) is 7.73. The van der Waals surface area contributed by atoms with Gasteiger partial charge in [-0.2, -0.15) is 0 Å². The van der Waals surface area contributed by atoms with E-state index in [1.165, 1.54) is 6.42 Å². The van der Waals surface area contributed by atoms with Crippen LogP contribution in [0.3, 0.4) is 0 Å². The Labute approximate surface area is 126 Å². The molecule has 3 unspecified atom stereocenters. The van der Waals surface area contributed by atoms with Crippen LogP contribution in [0.4, 0.5) is 5.69 Å². The van der Waals surface area contributed by atoms with Gasteiger partial charge in [-0.25, -0.2) is 0 Å². The van der Waals surface area contributed by atoms with Crippen LogP contribution in [-0.2, 0) is 0 Å². The Morgan fingerprint density at radius 3 is 2.79 bits per heavy atom. The molecule has 1 aliphatic heterocycles. The minimum Gasteiger partial charge on any atom is -0.365 e. The summed E-state index contributed by atoms with van der Waals surface area (Å²) in [5, 5.41) is 5.07. The minimum absolute atomic E-state index is 0.444. The van der Waals surface area contributed by atoms with Gasteiger partial charge < -0.3 is 10.2 Å². The molecule has 1 aliphatic rings. The third-order valence-electron chi connectivity index (χ3n) is 4.15. The molecule has 0 amide bonds. The predicted octanol–water partition coefficient (Wildman–Crippen LogP) is 4.21. The van der Waals surface area contributed by atoms with Crippen molar-refractivity contribution in [3.63, 3.8) is 0 Å². The minimum atomic E-state index is 0.444. The fourth-order valence-corrected chi connectivity index (χ4v) is 3.12. The summed E-state index contributed by atoms with van der Waals surface area (Å²) in [6.45, 7) is 8.76. The van der Waals surface area contributed by atoms with Crippen molar-refractivity contribution >= 4 is 28.9 Å². The van der Waals surface area contributed by atoms with Crippen LogP contribution in [0.1, 0.15) is 27.2 Å². The third-order valence-corrected chi connectivity index (χ3v) is 4.69. The van der Waals surface area contributed by atoms with Gasteiger partial charge in [-0.15, -0.1) is 0 Å². The monoisotopic (exact) mass is 300 g/mol. The molecular weight excluding hydrogens is 279 g/mol. The maximum atomic E-state index is 6.34. The zero-order valence-corrected chi connectivity index (χ0v) is 13.3. The van der Waals surface area contributed by atoms with Gasteiger partial charge in [0.25, 0.3) is 0 Å². The lowest BCUT2D eigenvalue weighted by atomic mass is 9.95. The molecule has 3 atom stereocenters. The average Bonchev–Trinajstić information content (AvgIpc) is 2.39. The first-order valence-electron chi connectivity index (χ1n) is 6.98. The molecule has 0 radical (unpaired) electrons. The Morgan fingerprint density at radius 1 is 1.42 bits per heavy atom. The molecule has 1 aromatic carbocycles. The van der Waals surface area contributed by atoms with Gasteiger partial charge in [0.1, 0.15) is 0 Å². The molecule has 0 aromatic heterocycles. The summed E-state index contributed by atoms with van der Waals surface area (Å²) in [6, 6.07) is 6.73. The van der Waals surface area contributed by atoms with Crippen LogP contribution in [0.15, 0.2) is 18.2 Å². The van der Waals surface area contributed by atoms with E-state index in [-0.39, 0.29) is 0 Å². The highest BCUT2D eigenvalue weighted by Crippen LogP contribution is 2.31. The number of benzene rings is 1. The molecule has 1 aromatic rings. The Hall–Kier alpha value is -0.440.